The molecule has 98 valence electrons. The van der Waals surface area contributed by atoms with Crippen molar-refractivity contribution in [2.24, 2.45) is 0 Å². The van der Waals surface area contributed by atoms with Crippen LogP contribution in [0.4, 0.5) is 5.69 Å². The molecule has 0 fully saturated rings. The van der Waals surface area contributed by atoms with E-state index >= 15 is 0 Å². The lowest BCUT2D eigenvalue weighted by molar-refractivity contribution is -0.385. The van der Waals surface area contributed by atoms with Crippen LogP contribution in [0.1, 0.15) is 5.69 Å². The average Bonchev–Trinajstić information content (AvgIpc) is 2.37. The molecule has 2 rings (SSSR count). The molecule has 0 bridgehead atoms. The molecule has 5 nitrogen and oxygen atoms in total. The fourth-order valence-electron chi connectivity index (χ4n) is 1.44. The maximum atomic E-state index is 10.9. The second kappa shape index (κ2) is 5.86. The Balaban J connectivity index is 2.17. The Hall–Kier alpha value is -1.85. The lowest BCUT2D eigenvalue weighted by Gasteiger charge is -2.06. The van der Waals surface area contributed by atoms with Gasteiger partial charge in [-0.1, -0.05) is 29.3 Å². The number of ether oxygens (including phenoxy) is 1. The van der Waals surface area contributed by atoms with Crippen molar-refractivity contribution in [1.29, 1.82) is 0 Å². The van der Waals surface area contributed by atoms with Crippen molar-refractivity contribution in [3.8, 4) is 5.75 Å². The lowest BCUT2D eigenvalue weighted by atomic mass is 10.3. The first-order valence-corrected chi connectivity index (χ1v) is 6.00. The van der Waals surface area contributed by atoms with Gasteiger partial charge in [0.05, 0.1) is 10.6 Å². The summed E-state index contributed by atoms with van der Waals surface area (Å²) >= 11 is 11.4. The van der Waals surface area contributed by atoms with Crippen LogP contribution in [-0.2, 0) is 6.61 Å². The zero-order valence-electron chi connectivity index (χ0n) is 9.55. The van der Waals surface area contributed by atoms with Crippen LogP contribution in [0.2, 0.25) is 10.2 Å². The number of rotatable bonds is 4. The molecule has 0 aliphatic heterocycles. The van der Waals surface area contributed by atoms with Gasteiger partial charge in [-0.15, -0.1) is 0 Å². The van der Waals surface area contributed by atoms with Crippen molar-refractivity contribution >= 4 is 28.9 Å². The quantitative estimate of drug-likeness (QED) is 0.488. The number of nitro benzene ring substituents is 1. The van der Waals surface area contributed by atoms with E-state index in [-0.39, 0.29) is 23.1 Å². The van der Waals surface area contributed by atoms with E-state index in [0.29, 0.717) is 10.8 Å². The van der Waals surface area contributed by atoms with Gasteiger partial charge >= 0.3 is 5.69 Å². The highest BCUT2D eigenvalue weighted by Gasteiger charge is 2.15. The van der Waals surface area contributed by atoms with Crippen LogP contribution in [0.5, 0.6) is 5.75 Å². The fourth-order valence-corrected chi connectivity index (χ4v) is 1.79. The van der Waals surface area contributed by atoms with Crippen molar-refractivity contribution < 1.29 is 9.66 Å². The molecule has 1 aromatic carbocycles. The van der Waals surface area contributed by atoms with E-state index in [1.54, 1.807) is 18.2 Å². The Morgan fingerprint density at radius 2 is 2.05 bits per heavy atom. The van der Waals surface area contributed by atoms with Crippen LogP contribution in [0.25, 0.3) is 0 Å². The number of benzene rings is 1. The summed E-state index contributed by atoms with van der Waals surface area (Å²) in [5.41, 5.74) is 0.395. The molecule has 7 heteroatoms. The molecule has 0 aliphatic rings. The Bertz CT molecular complexity index is 620. The minimum atomic E-state index is -0.549. The molecule has 0 spiro atoms. The predicted molar refractivity (Wildman–Crippen MR) is 71.7 cm³/mol. The molecule has 0 amide bonds. The van der Waals surface area contributed by atoms with Crippen LogP contribution < -0.4 is 4.74 Å². The molecule has 1 aromatic heterocycles. The van der Waals surface area contributed by atoms with Gasteiger partial charge in [0, 0.05) is 11.1 Å². The van der Waals surface area contributed by atoms with Crippen molar-refractivity contribution in [2.45, 2.75) is 6.61 Å². The normalized spacial score (nSPS) is 10.2. The highest BCUT2D eigenvalue weighted by molar-refractivity contribution is 6.30. The molecule has 0 radical (unpaired) electrons. The highest BCUT2D eigenvalue weighted by atomic mass is 35.5. The van der Waals surface area contributed by atoms with Crippen molar-refractivity contribution in [3.63, 3.8) is 0 Å². The monoisotopic (exact) mass is 298 g/mol. The maximum absolute atomic E-state index is 10.9. The summed E-state index contributed by atoms with van der Waals surface area (Å²) < 4.78 is 5.37. The van der Waals surface area contributed by atoms with Gasteiger partial charge in [-0.2, -0.15) is 0 Å². The Morgan fingerprint density at radius 1 is 1.26 bits per heavy atom. The number of aromatic nitrogens is 1. The number of halogens is 2. The van der Waals surface area contributed by atoms with Gasteiger partial charge < -0.3 is 4.74 Å². The van der Waals surface area contributed by atoms with E-state index in [2.05, 4.69) is 4.98 Å². The molecular weight excluding hydrogens is 291 g/mol. The van der Waals surface area contributed by atoms with Gasteiger partial charge in [0.15, 0.2) is 5.75 Å². The second-order valence-electron chi connectivity index (χ2n) is 3.61. The number of pyridine rings is 1. The lowest BCUT2D eigenvalue weighted by Crippen LogP contribution is -2.00. The number of hydrogen-bond donors (Lipinski definition) is 0. The van der Waals surface area contributed by atoms with Gasteiger partial charge in [0.25, 0.3) is 0 Å². The fraction of sp³-hybridized carbons (Fsp3) is 0.0833. The summed E-state index contributed by atoms with van der Waals surface area (Å²) in [6.45, 7) is 0.0863. The zero-order valence-corrected chi connectivity index (χ0v) is 11.1. The van der Waals surface area contributed by atoms with E-state index in [4.69, 9.17) is 27.9 Å². The van der Waals surface area contributed by atoms with Crippen molar-refractivity contribution in [1.82, 2.24) is 4.98 Å². The summed E-state index contributed by atoms with van der Waals surface area (Å²) in [6.07, 6.45) is 0. The first kappa shape index (κ1) is 13.6. The van der Waals surface area contributed by atoms with E-state index < -0.39 is 4.92 Å². The third kappa shape index (κ3) is 3.56. The number of nitro groups is 1. The van der Waals surface area contributed by atoms with Gasteiger partial charge in [-0.05, 0) is 24.3 Å². The predicted octanol–water partition coefficient (Wildman–Crippen LogP) is 3.88. The SMILES string of the molecule is O=[N+]([O-])c1cc(Cl)ccc1OCc1cccc(Cl)n1. The molecule has 0 atom stereocenters. The maximum Gasteiger partial charge on any atom is 0.312 e. The van der Waals surface area contributed by atoms with Gasteiger partial charge in [0.1, 0.15) is 11.8 Å². The third-order valence-corrected chi connectivity index (χ3v) is 2.71. The average molecular weight is 299 g/mol. The zero-order chi connectivity index (χ0) is 13.8. The molecule has 2 aromatic rings. The van der Waals surface area contributed by atoms with E-state index in [1.165, 1.54) is 18.2 Å². The molecule has 0 aliphatic carbocycles. The van der Waals surface area contributed by atoms with Crippen molar-refractivity contribution in [2.75, 3.05) is 0 Å². The first-order chi connectivity index (χ1) is 9.06. The van der Waals surface area contributed by atoms with Crippen LogP contribution in [-0.4, -0.2) is 9.91 Å². The van der Waals surface area contributed by atoms with Gasteiger partial charge in [-0.3, -0.25) is 10.1 Å². The highest BCUT2D eigenvalue weighted by Crippen LogP contribution is 2.30. The Labute approximate surface area is 118 Å². The molecule has 0 saturated carbocycles. The smallest absolute Gasteiger partial charge is 0.312 e. The molecule has 0 saturated heterocycles. The summed E-state index contributed by atoms with van der Waals surface area (Å²) in [6, 6.07) is 9.29. The van der Waals surface area contributed by atoms with Crippen LogP contribution >= 0.6 is 23.2 Å². The number of hydrogen-bond acceptors (Lipinski definition) is 4. The van der Waals surface area contributed by atoms with Gasteiger partial charge in [-0.25, -0.2) is 4.98 Å². The molecular formula is C12H8Cl2N2O3. The standard InChI is InChI=1S/C12H8Cl2N2O3/c13-8-4-5-11(10(6-8)16(17)18)19-7-9-2-1-3-12(14)15-9/h1-6H,7H2. The largest absolute Gasteiger partial charge is 0.480 e. The van der Waals surface area contributed by atoms with Crippen molar-refractivity contribution in [3.05, 3.63) is 62.4 Å². The minimum absolute atomic E-state index is 0.0863. The summed E-state index contributed by atoms with van der Waals surface area (Å²) in [4.78, 5) is 14.3. The van der Waals surface area contributed by atoms with E-state index in [9.17, 15) is 10.1 Å². The molecule has 19 heavy (non-hydrogen) atoms. The third-order valence-electron chi connectivity index (χ3n) is 2.27. The summed E-state index contributed by atoms with van der Waals surface area (Å²) in [7, 11) is 0. The van der Waals surface area contributed by atoms with E-state index in [1.807, 2.05) is 0 Å². The Kier molecular flexibility index (Phi) is 4.19. The number of nitrogens with zero attached hydrogens (tertiary/aromatic N) is 2. The summed E-state index contributed by atoms with van der Waals surface area (Å²) in [5, 5.41) is 11.5. The molecule has 0 unspecified atom stereocenters. The summed E-state index contributed by atoms with van der Waals surface area (Å²) in [5.74, 6) is 0.135. The minimum Gasteiger partial charge on any atom is -0.480 e. The second-order valence-corrected chi connectivity index (χ2v) is 4.43. The molecule has 1 heterocycles. The van der Waals surface area contributed by atoms with Crippen LogP contribution in [0, 0.1) is 10.1 Å². The first-order valence-electron chi connectivity index (χ1n) is 5.24. The van der Waals surface area contributed by atoms with Gasteiger partial charge in [0.2, 0.25) is 0 Å². The van der Waals surface area contributed by atoms with Crippen LogP contribution in [0.3, 0.4) is 0 Å². The Morgan fingerprint density at radius 3 is 2.74 bits per heavy atom. The van der Waals surface area contributed by atoms with Crippen LogP contribution in [0.15, 0.2) is 36.4 Å². The topological polar surface area (TPSA) is 65.3 Å². The molecule has 0 N–H and O–H groups in total. The van der Waals surface area contributed by atoms with E-state index in [0.717, 1.165) is 0 Å².